The van der Waals surface area contributed by atoms with E-state index in [9.17, 15) is 4.79 Å². The van der Waals surface area contributed by atoms with Crippen LogP contribution in [0, 0.1) is 6.92 Å². The van der Waals surface area contributed by atoms with Crippen molar-refractivity contribution in [2.75, 3.05) is 20.3 Å². The van der Waals surface area contributed by atoms with Crippen molar-refractivity contribution in [1.29, 1.82) is 0 Å². The number of nitrogens with zero attached hydrogens (tertiary/aromatic N) is 2. The number of primary amides is 1. The van der Waals surface area contributed by atoms with Crippen molar-refractivity contribution in [3.63, 3.8) is 0 Å². The lowest BCUT2D eigenvalue weighted by molar-refractivity contribution is -0.121. The molecule has 19 heavy (non-hydrogen) atoms. The largest absolute Gasteiger partial charge is 0.383 e. The highest BCUT2D eigenvalue weighted by Gasteiger charge is 2.42. The van der Waals surface area contributed by atoms with Gasteiger partial charge in [0, 0.05) is 31.3 Å². The Kier molecular flexibility index (Phi) is 4.21. The number of aromatic nitrogens is 2. The van der Waals surface area contributed by atoms with Gasteiger partial charge < -0.3 is 10.5 Å². The predicted molar refractivity (Wildman–Crippen MR) is 71.4 cm³/mol. The maximum Gasteiger partial charge on any atom is 0.219 e. The van der Waals surface area contributed by atoms with Gasteiger partial charge in [0.2, 0.25) is 5.91 Å². The minimum absolute atomic E-state index is 0.260. The van der Waals surface area contributed by atoms with Crippen LogP contribution < -0.4 is 5.73 Å². The van der Waals surface area contributed by atoms with Gasteiger partial charge in [0.05, 0.1) is 18.3 Å². The van der Waals surface area contributed by atoms with Crippen LogP contribution in [0.4, 0.5) is 0 Å². The van der Waals surface area contributed by atoms with E-state index >= 15 is 0 Å². The molecule has 106 valence electrons. The molecule has 0 aliphatic carbocycles. The number of hydrogen-bond acceptors (Lipinski definition) is 4. The molecule has 2 rings (SSSR count). The third-order valence-electron chi connectivity index (χ3n) is 3.95. The fraction of sp³-hybridized carbons (Fsp3) is 0.692. The van der Waals surface area contributed by atoms with Gasteiger partial charge >= 0.3 is 0 Å². The fourth-order valence-corrected chi connectivity index (χ4v) is 2.99. The van der Waals surface area contributed by atoms with Crippen molar-refractivity contribution < 1.29 is 9.53 Å². The van der Waals surface area contributed by atoms with Gasteiger partial charge in [0.1, 0.15) is 0 Å². The van der Waals surface area contributed by atoms with E-state index in [0.717, 1.165) is 37.2 Å². The second kappa shape index (κ2) is 5.71. The van der Waals surface area contributed by atoms with E-state index in [4.69, 9.17) is 10.5 Å². The lowest BCUT2D eigenvalue weighted by Crippen LogP contribution is -2.49. The van der Waals surface area contributed by atoms with E-state index in [0.29, 0.717) is 13.0 Å². The van der Waals surface area contributed by atoms with Crippen LogP contribution in [0.3, 0.4) is 0 Å². The van der Waals surface area contributed by atoms with Crippen LogP contribution in [-0.4, -0.2) is 46.8 Å². The van der Waals surface area contributed by atoms with Crippen LogP contribution in [0.25, 0.3) is 0 Å². The monoisotopic (exact) mass is 266 g/mol. The van der Waals surface area contributed by atoms with Gasteiger partial charge in [-0.25, -0.2) is 0 Å². The lowest BCUT2D eigenvalue weighted by atomic mass is 9.92. The number of nitrogens with one attached hydrogen (secondary N) is 1. The van der Waals surface area contributed by atoms with Crippen LogP contribution in [0.15, 0.2) is 6.20 Å². The molecule has 1 atom stereocenters. The molecular weight excluding hydrogens is 244 g/mol. The standard InChI is InChI=1S/C13H22N4O2/c1-10-11(7-15-16-10)8-17-5-3-4-13(17,9-19-2)6-12(14)18/h7H,3-6,8-9H2,1-2H3,(H2,14,18)(H,15,16)/t13-/m0/s1. The van der Waals surface area contributed by atoms with Crippen LogP contribution >= 0.6 is 0 Å². The summed E-state index contributed by atoms with van der Waals surface area (Å²) in [4.78, 5) is 13.7. The van der Waals surface area contributed by atoms with E-state index in [-0.39, 0.29) is 11.4 Å². The van der Waals surface area contributed by atoms with Gasteiger partial charge in [-0.1, -0.05) is 0 Å². The van der Waals surface area contributed by atoms with Crippen molar-refractivity contribution in [3.05, 3.63) is 17.5 Å². The molecule has 1 saturated heterocycles. The number of carbonyl (C=O) groups excluding carboxylic acids is 1. The summed E-state index contributed by atoms with van der Waals surface area (Å²) in [5.41, 5.74) is 7.38. The molecule has 6 heteroatoms. The van der Waals surface area contributed by atoms with Gasteiger partial charge in [-0.2, -0.15) is 5.10 Å². The molecule has 1 amide bonds. The van der Waals surface area contributed by atoms with E-state index in [1.54, 1.807) is 7.11 Å². The highest BCUT2D eigenvalue weighted by atomic mass is 16.5. The Morgan fingerprint density at radius 1 is 1.68 bits per heavy atom. The van der Waals surface area contributed by atoms with Gasteiger partial charge in [-0.3, -0.25) is 14.8 Å². The molecule has 0 aromatic carbocycles. The van der Waals surface area contributed by atoms with Gasteiger partial charge in [-0.05, 0) is 26.3 Å². The van der Waals surface area contributed by atoms with Gasteiger partial charge in [0.25, 0.3) is 0 Å². The molecule has 0 radical (unpaired) electrons. The second-order valence-electron chi connectivity index (χ2n) is 5.35. The lowest BCUT2D eigenvalue weighted by Gasteiger charge is -2.37. The van der Waals surface area contributed by atoms with Crippen LogP contribution in [0.1, 0.15) is 30.5 Å². The minimum atomic E-state index is -0.270. The summed E-state index contributed by atoms with van der Waals surface area (Å²) in [6.07, 6.45) is 4.20. The first-order valence-corrected chi connectivity index (χ1v) is 6.58. The number of methoxy groups -OCH3 is 1. The van der Waals surface area contributed by atoms with Crippen LogP contribution in [0.2, 0.25) is 0 Å². The Hall–Kier alpha value is -1.40. The van der Waals surface area contributed by atoms with E-state index in [1.165, 1.54) is 0 Å². The molecule has 0 unspecified atom stereocenters. The Bertz CT molecular complexity index is 446. The Labute approximate surface area is 113 Å². The third-order valence-corrected chi connectivity index (χ3v) is 3.95. The summed E-state index contributed by atoms with van der Waals surface area (Å²) in [6.45, 7) is 4.28. The smallest absolute Gasteiger partial charge is 0.219 e. The highest BCUT2D eigenvalue weighted by molar-refractivity contribution is 5.75. The molecule has 1 fully saturated rings. The number of amides is 1. The summed E-state index contributed by atoms with van der Waals surface area (Å²) in [6, 6.07) is 0. The molecular formula is C13H22N4O2. The number of H-pyrrole nitrogens is 1. The predicted octanol–water partition coefficient (Wildman–Crippen LogP) is 0.575. The molecule has 1 aromatic rings. The molecule has 0 bridgehead atoms. The Morgan fingerprint density at radius 3 is 3.05 bits per heavy atom. The van der Waals surface area contributed by atoms with Crippen LogP contribution in [0.5, 0.6) is 0 Å². The van der Waals surface area contributed by atoms with E-state index in [2.05, 4.69) is 15.1 Å². The zero-order valence-electron chi connectivity index (χ0n) is 11.6. The number of hydrogen-bond donors (Lipinski definition) is 2. The maximum absolute atomic E-state index is 11.4. The quantitative estimate of drug-likeness (QED) is 0.788. The van der Waals surface area contributed by atoms with Gasteiger partial charge in [-0.15, -0.1) is 0 Å². The zero-order valence-corrected chi connectivity index (χ0v) is 11.6. The molecule has 3 N–H and O–H groups in total. The highest BCUT2D eigenvalue weighted by Crippen LogP contribution is 2.34. The normalized spacial score (nSPS) is 23.9. The number of nitrogens with two attached hydrogens (primary N) is 1. The molecule has 6 nitrogen and oxygen atoms in total. The summed E-state index contributed by atoms with van der Waals surface area (Å²) in [7, 11) is 1.67. The summed E-state index contributed by atoms with van der Waals surface area (Å²) < 4.78 is 5.34. The first-order valence-electron chi connectivity index (χ1n) is 6.58. The number of likely N-dealkylation sites (tertiary alicyclic amines) is 1. The van der Waals surface area contributed by atoms with Crippen molar-refractivity contribution in [2.24, 2.45) is 5.73 Å². The number of rotatable bonds is 6. The SMILES string of the molecule is COC[C@@]1(CC(N)=O)CCCN1Cc1cn[nH]c1C. The van der Waals surface area contributed by atoms with Crippen LogP contribution in [-0.2, 0) is 16.1 Å². The molecule has 0 saturated carbocycles. The topological polar surface area (TPSA) is 84.2 Å². The summed E-state index contributed by atoms with van der Waals surface area (Å²) >= 11 is 0. The average Bonchev–Trinajstić information content (AvgIpc) is 2.88. The van der Waals surface area contributed by atoms with E-state index in [1.807, 2.05) is 13.1 Å². The Balaban J connectivity index is 2.16. The molecule has 2 heterocycles. The first kappa shape index (κ1) is 14.0. The Morgan fingerprint density at radius 2 is 2.47 bits per heavy atom. The van der Waals surface area contributed by atoms with E-state index < -0.39 is 0 Å². The minimum Gasteiger partial charge on any atom is -0.383 e. The third kappa shape index (κ3) is 2.96. The fourth-order valence-electron chi connectivity index (χ4n) is 2.99. The number of aryl methyl sites for hydroxylation is 1. The summed E-state index contributed by atoms with van der Waals surface area (Å²) in [5, 5.41) is 6.99. The molecule has 1 aliphatic heterocycles. The number of carbonyl (C=O) groups is 1. The van der Waals surface area contributed by atoms with Gasteiger partial charge in [0.15, 0.2) is 0 Å². The van der Waals surface area contributed by atoms with Crippen molar-refractivity contribution in [3.8, 4) is 0 Å². The second-order valence-corrected chi connectivity index (χ2v) is 5.35. The zero-order chi connectivity index (χ0) is 13.9. The van der Waals surface area contributed by atoms with Crippen molar-refractivity contribution >= 4 is 5.91 Å². The first-order chi connectivity index (χ1) is 9.07. The molecule has 0 spiro atoms. The molecule has 1 aliphatic rings. The average molecular weight is 266 g/mol. The number of aromatic amines is 1. The van der Waals surface area contributed by atoms with Crippen molar-refractivity contribution in [1.82, 2.24) is 15.1 Å². The van der Waals surface area contributed by atoms with Crippen molar-refractivity contribution in [2.45, 2.75) is 38.3 Å². The summed E-state index contributed by atoms with van der Waals surface area (Å²) in [5.74, 6) is -0.270. The number of ether oxygens (including phenoxy) is 1. The maximum atomic E-state index is 11.4. The molecule has 1 aromatic heterocycles.